The van der Waals surface area contributed by atoms with Gasteiger partial charge in [0.1, 0.15) is 0 Å². The Morgan fingerprint density at radius 1 is 0.757 bits per heavy atom. The molecule has 7 nitrogen and oxygen atoms in total. The summed E-state index contributed by atoms with van der Waals surface area (Å²) in [7, 11) is 0. The molecule has 0 N–H and O–H groups in total. The van der Waals surface area contributed by atoms with Gasteiger partial charge < -0.3 is 18.9 Å². The van der Waals surface area contributed by atoms with Gasteiger partial charge in [0.25, 0.3) is 0 Å². The van der Waals surface area contributed by atoms with E-state index in [0.29, 0.717) is 0 Å². The van der Waals surface area contributed by atoms with Gasteiger partial charge in [-0.3, -0.25) is 4.90 Å². The average molecular weight is 498 g/mol. The number of ether oxygens (including phenoxy) is 4. The van der Waals surface area contributed by atoms with Crippen LogP contribution in [0.4, 0.5) is 0 Å². The van der Waals surface area contributed by atoms with Crippen molar-refractivity contribution in [1.29, 1.82) is 0 Å². The molecule has 2 aliphatic rings. The molecule has 0 radical (unpaired) electrons. The van der Waals surface area contributed by atoms with Crippen molar-refractivity contribution in [2.45, 2.75) is 45.8 Å². The molecule has 0 bridgehead atoms. The van der Waals surface area contributed by atoms with Crippen LogP contribution in [0.25, 0.3) is 5.69 Å². The van der Waals surface area contributed by atoms with E-state index in [1.807, 2.05) is 24.4 Å². The molecular weight excluding hydrogens is 466 g/mol. The Hall–Kier alpha value is -3.97. The standard InChI is InChI=1S/C30H31N3O4/c1-2-3-9-26-24(16-31-33(26)25-7-5-4-6-8-25)19-32(17-22-10-12-27-29(14-22)36-20-34-27)18-23-11-13-28-30(15-23)37-21-35-28/h4-8,10-16H,2-3,9,17-21H2,1H3. The van der Waals surface area contributed by atoms with Gasteiger partial charge in [0.05, 0.1) is 11.9 Å². The molecule has 37 heavy (non-hydrogen) atoms. The van der Waals surface area contributed by atoms with E-state index >= 15 is 0 Å². The molecule has 2 aliphatic heterocycles. The second kappa shape index (κ2) is 10.6. The number of nitrogens with zero attached hydrogens (tertiary/aromatic N) is 3. The van der Waals surface area contributed by atoms with Gasteiger partial charge in [-0.15, -0.1) is 0 Å². The molecule has 0 unspecified atom stereocenters. The summed E-state index contributed by atoms with van der Waals surface area (Å²) in [5.74, 6) is 3.22. The minimum absolute atomic E-state index is 0.277. The van der Waals surface area contributed by atoms with Gasteiger partial charge in [-0.25, -0.2) is 4.68 Å². The van der Waals surface area contributed by atoms with Crippen molar-refractivity contribution in [3.63, 3.8) is 0 Å². The van der Waals surface area contributed by atoms with E-state index in [1.54, 1.807) is 0 Å². The van der Waals surface area contributed by atoms with E-state index in [2.05, 4.69) is 65.0 Å². The van der Waals surface area contributed by atoms with Gasteiger partial charge in [0, 0.05) is 30.9 Å². The van der Waals surface area contributed by atoms with Crippen LogP contribution in [0.3, 0.4) is 0 Å². The maximum atomic E-state index is 5.64. The Morgan fingerprint density at radius 2 is 1.38 bits per heavy atom. The molecule has 1 aromatic heterocycles. The lowest BCUT2D eigenvalue weighted by atomic mass is 10.1. The number of unbranched alkanes of at least 4 members (excludes halogenated alkanes) is 1. The smallest absolute Gasteiger partial charge is 0.231 e. The number of fused-ring (bicyclic) bond motifs is 2. The molecule has 0 aliphatic carbocycles. The second-order valence-electron chi connectivity index (χ2n) is 9.49. The normalized spacial score (nSPS) is 13.5. The van der Waals surface area contributed by atoms with E-state index < -0.39 is 0 Å². The highest BCUT2D eigenvalue weighted by molar-refractivity contribution is 5.46. The van der Waals surface area contributed by atoms with Crippen LogP contribution < -0.4 is 18.9 Å². The molecule has 0 amide bonds. The first-order valence-corrected chi connectivity index (χ1v) is 12.9. The third kappa shape index (κ3) is 5.13. The summed E-state index contributed by atoms with van der Waals surface area (Å²) < 4.78 is 24.4. The molecule has 4 aromatic rings. The predicted molar refractivity (Wildman–Crippen MR) is 140 cm³/mol. The first-order valence-electron chi connectivity index (χ1n) is 12.9. The van der Waals surface area contributed by atoms with E-state index in [0.717, 1.165) is 67.6 Å². The SMILES string of the molecule is CCCCc1c(CN(Cc2ccc3c(c2)OCO3)Cc2ccc3c(c2)OCO3)cnn1-c1ccccc1. The van der Waals surface area contributed by atoms with Gasteiger partial charge in [0.15, 0.2) is 23.0 Å². The van der Waals surface area contributed by atoms with Crippen molar-refractivity contribution in [2.24, 2.45) is 0 Å². The molecule has 7 heteroatoms. The lowest BCUT2D eigenvalue weighted by molar-refractivity contribution is 0.173. The van der Waals surface area contributed by atoms with Gasteiger partial charge in [-0.2, -0.15) is 5.10 Å². The zero-order valence-corrected chi connectivity index (χ0v) is 21.1. The second-order valence-corrected chi connectivity index (χ2v) is 9.49. The van der Waals surface area contributed by atoms with Crippen LogP contribution in [0.2, 0.25) is 0 Å². The molecule has 3 aromatic carbocycles. The van der Waals surface area contributed by atoms with Crippen molar-refractivity contribution >= 4 is 0 Å². The summed E-state index contributed by atoms with van der Waals surface area (Å²) in [4.78, 5) is 2.44. The number of aromatic nitrogens is 2. The largest absolute Gasteiger partial charge is 0.454 e. The maximum Gasteiger partial charge on any atom is 0.231 e. The van der Waals surface area contributed by atoms with Crippen molar-refractivity contribution in [1.82, 2.24) is 14.7 Å². The number of rotatable bonds is 10. The average Bonchev–Trinajstić information content (AvgIpc) is 3.67. The van der Waals surface area contributed by atoms with Crippen molar-refractivity contribution in [3.05, 3.63) is 95.3 Å². The summed E-state index contributed by atoms with van der Waals surface area (Å²) in [5.41, 5.74) is 5.97. The van der Waals surface area contributed by atoms with Crippen molar-refractivity contribution in [3.8, 4) is 28.7 Å². The van der Waals surface area contributed by atoms with Crippen LogP contribution in [0, 0.1) is 0 Å². The number of para-hydroxylation sites is 1. The van der Waals surface area contributed by atoms with Gasteiger partial charge in [-0.1, -0.05) is 43.7 Å². The highest BCUT2D eigenvalue weighted by Gasteiger charge is 2.20. The first kappa shape index (κ1) is 23.4. The quantitative estimate of drug-likeness (QED) is 0.273. The molecule has 0 saturated heterocycles. The van der Waals surface area contributed by atoms with Crippen LogP contribution in [0.5, 0.6) is 23.0 Å². The summed E-state index contributed by atoms with van der Waals surface area (Å²) in [6, 6.07) is 22.8. The van der Waals surface area contributed by atoms with Crippen molar-refractivity contribution < 1.29 is 18.9 Å². The lowest BCUT2D eigenvalue weighted by Crippen LogP contribution is -2.23. The van der Waals surface area contributed by atoms with E-state index in [-0.39, 0.29) is 13.6 Å². The molecule has 0 spiro atoms. The fourth-order valence-corrected chi connectivity index (χ4v) is 4.95. The minimum atomic E-state index is 0.277. The van der Waals surface area contributed by atoms with Gasteiger partial charge in [0.2, 0.25) is 13.6 Å². The molecular formula is C30H31N3O4. The molecule has 190 valence electrons. The molecule has 3 heterocycles. The molecule has 6 rings (SSSR count). The zero-order valence-electron chi connectivity index (χ0n) is 21.1. The minimum Gasteiger partial charge on any atom is -0.454 e. The summed E-state index contributed by atoms with van der Waals surface area (Å²) >= 11 is 0. The van der Waals surface area contributed by atoms with Gasteiger partial charge >= 0.3 is 0 Å². The van der Waals surface area contributed by atoms with Crippen LogP contribution in [0.15, 0.2) is 72.9 Å². The van der Waals surface area contributed by atoms with Crippen LogP contribution in [-0.2, 0) is 26.1 Å². The zero-order chi connectivity index (χ0) is 25.0. The monoisotopic (exact) mass is 497 g/mol. The third-order valence-electron chi connectivity index (χ3n) is 6.80. The van der Waals surface area contributed by atoms with E-state index in [9.17, 15) is 0 Å². The van der Waals surface area contributed by atoms with E-state index in [4.69, 9.17) is 24.0 Å². The Kier molecular flexibility index (Phi) is 6.69. The Morgan fingerprint density at radius 3 is 2.00 bits per heavy atom. The van der Waals surface area contributed by atoms with Crippen LogP contribution in [0.1, 0.15) is 42.1 Å². The van der Waals surface area contributed by atoms with Crippen LogP contribution >= 0.6 is 0 Å². The fraction of sp³-hybridized carbons (Fsp3) is 0.300. The molecule has 0 fully saturated rings. The first-order chi connectivity index (χ1) is 18.3. The summed E-state index contributed by atoms with van der Waals surface area (Å²) in [6.45, 7) is 5.07. The van der Waals surface area contributed by atoms with E-state index in [1.165, 1.54) is 22.4 Å². The number of benzene rings is 3. The predicted octanol–water partition coefficient (Wildman–Crippen LogP) is 5.87. The third-order valence-corrected chi connectivity index (χ3v) is 6.80. The topological polar surface area (TPSA) is 58.0 Å². The maximum absolute atomic E-state index is 5.64. The highest BCUT2D eigenvalue weighted by atomic mass is 16.7. The Balaban J connectivity index is 1.30. The number of hydrogen-bond donors (Lipinski definition) is 0. The molecule has 0 atom stereocenters. The Bertz CT molecular complexity index is 1310. The van der Waals surface area contributed by atoms with Crippen LogP contribution in [-0.4, -0.2) is 28.3 Å². The highest BCUT2D eigenvalue weighted by Crippen LogP contribution is 2.35. The number of hydrogen-bond acceptors (Lipinski definition) is 6. The lowest BCUT2D eigenvalue weighted by Gasteiger charge is -2.23. The summed E-state index contributed by atoms with van der Waals surface area (Å²) in [6.07, 6.45) is 5.28. The fourth-order valence-electron chi connectivity index (χ4n) is 4.95. The summed E-state index contributed by atoms with van der Waals surface area (Å²) in [5, 5.41) is 4.82. The Labute approximate surface area is 217 Å². The molecule has 0 saturated carbocycles. The van der Waals surface area contributed by atoms with Gasteiger partial charge in [-0.05, 0) is 60.4 Å². The van der Waals surface area contributed by atoms with Crippen molar-refractivity contribution in [2.75, 3.05) is 13.6 Å².